The second-order valence-corrected chi connectivity index (χ2v) is 9.20. The van der Waals surface area contributed by atoms with E-state index < -0.39 is 15.8 Å². The van der Waals surface area contributed by atoms with Crippen LogP contribution < -0.4 is 9.62 Å². The van der Waals surface area contributed by atoms with Crippen molar-refractivity contribution in [3.8, 4) is 0 Å². The third kappa shape index (κ3) is 4.18. The Morgan fingerprint density at radius 1 is 1.00 bits per heavy atom. The van der Waals surface area contributed by atoms with Crippen LogP contribution in [0.2, 0.25) is 0 Å². The highest BCUT2D eigenvalue weighted by Crippen LogP contribution is 2.27. The fourth-order valence-corrected chi connectivity index (χ4v) is 5.09. The van der Waals surface area contributed by atoms with Crippen molar-refractivity contribution in [2.24, 2.45) is 0 Å². The van der Waals surface area contributed by atoms with E-state index >= 15 is 0 Å². The van der Waals surface area contributed by atoms with Crippen LogP contribution in [0.5, 0.6) is 0 Å². The Labute approximate surface area is 171 Å². The molecule has 29 heavy (non-hydrogen) atoms. The Morgan fingerprint density at radius 3 is 2.48 bits per heavy atom. The first-order chi connectivity index (χ1) is 13.9. The number of quaternary nitrogens is 1. The summed E-state index contributed by atoms with van der Waals surface area (Å²) in [6, 6.07) is 21.1. The Morgan fingerprint density at radius 2 is 1.69 bits per heavy atom. The smallest absolute Gasteiger partial charge is 0.261 e. The highest BCUT2D eigenvalue weighted by atomic mass is 32.2. The molecule has 1 heterocycles. The molecule has 0 aliphatic carbocycles. The number of para-hydroxylation sites is 1. The molecule has 0 saturated carbocycles. The number of fused-ring (bicyclic) bond motifs is 1. The molecule has 0 bridgehead atoms. The molecule has 0 aromatic heterocycles. The summed E-state index contributed by atoms with van der Waals surface area (Å²) in [7, 11) is -1.60. The van der Waals surface area contributed by atoms with Crippen molar-refractivity contribution in [2.45, 2.75) is 23.8 Å². The highest BCUT2D eigenvalue weighted by molar-refractivity contribution is 7.92. The van der Waals surface area contributed by atoms with Gasteiger partial charge in [-0.05, 0) is 41.5 Å². The van der Waals surface area contributed by atoms with Gasteiger partial charge in [-0.15, -0.1) is 0 Å². The molecule has 150 valence electrons. The van der Waals surface area contributed by atoms with Gasteiger partial charge in [0, 0.05) is 18.4 Å². The summed E-state index contributed by atoms with van der Waals surface area (Å²) in [6.07, 6.45) is 1.78. The average molecular weight is 412 g/mol. The number of likely N-dealkylation sites (N-methyl/N-ethyl adjacent to an activating group) is 1. The zero-order chi connectivity index (χ0) is 20.4. The molecule has 3 aromatic rings. The van der Waals surface area contributed by atoms with Gasteiger partial charge in [-0.25, -0.2) is 12.8 Å². The molecule has 0 fully saturated rings. The lowest BCUT2D eigenvalue weighted by atomic mass is 9.89. The van der Waals surface area contributed by atoms with E-state index in [2.05, 4.69) is 36.0 Å². The van der Waals surface area contributed by atoms with Crippen molar-refractivity contribution < 1.29 is 17.7 Å². The zero-order valence-electron chi connectivity index (χ0n) is 16.2. The standard InChI is InChI=1S/C23H23FN2O2S/c1-26-15-14-17-6-2-4-8-21(17)23(26)16-18-7-3-5-9-22(18)25-29(27,28)20-12-10-19(24)11-13-20/h2-13,23,25H,14-16H2,1H3/p+1/t23-/m1/s1. The summed E-state index contributed by atoms with van der Waals surface area (Å²) in [5.74, 6) is -0.466. The van der Waals surface area contributed by atoms with Gasteiger partial charge >= 0.3 is 0 Å². The molecule has 4 rings (SSSR count). The number of rotatable bonds is 5. The normalized spacial score (nSPS) is 18.8. The molecule has 0 amide bonds. The molecule has 0 spiro atoms. The summed E-state index contributed by atoms with van der Waals surface area (Å²) < 4.78 is 41.4. The van der Waals surface area contributed by atoms with E-state index in [1.807, 2.05) is 18.2 Å². The fourth-order valence-electron chi connectivity index (χ4n) is 3.99. The molecule has 1 aliphatic heterocycles. The minimum Gasteiger partial charge on any atom is -0.331 e. The Kier molecular flexibility index (Phi) is 5.39. The van der Waals surface area contributed by atoms with E-state index in [0.29, 0.717) is 5.69 Å². The summed E-state index contributed by atoms with van der Waals surface area (Å²) in [6.45, 7) is 1.05. The van der Waals surface area contributed by atoms with Crippen LogP contribution in [0, 0.1) is 5.82 Å². The van der Waals surface area contributed by atoms with E-state index in [9.17, 15) is 12.8 Å². The lowest BCUT2D eigenvalue weighted by Crippen LogP contribution is -3.10. The summed E-state index contributed by atoms with van der Waals surface area (Å²) in [5.41, 5.74) is 4.20. The Balaban J connectivity index is 1.63. The molecule has 6 heteroatoms. The van der Waals surface area contributed by atoms with E-state index in [1.165, 1.54) is 28.2 Å². The van der Waals surface area contributed by atoms with Gasteiger partial charge in [0.2, 0.25) is 0 Å². The van der Waals surface area contributed by atoms with Crippen molar-refractivity contribution in [1.82, 2.24) is 0 Å². The van der Waals surface area contributed by atoms with Crippen LogP contribution in [-0.2, 0) is 22.9 Å². The van der Waals surface area contributed by atoms with Crippen molar-refractivity contribution in [3.05, 3.63) is 95.3 Å². The third-order valence-electron chi connectivity index (χ3n) is 5.62. The number of hydrogen-bond donors (Lipinski definition) is 2. The van der Waals surface area contributed by atoms with E-state index in [4.69, 9.17) is 0 Å². The van der Waals surface area contributed by atoms with Crippen LogP contribution in [0.1, 0.15) is 22.7 Å². The van der Waals surface area contributed by atoms with Crippen LogP contribution in [0.4, 0.5) is 10.1 Å². The zero-order valence-corrected chi connectivity index (χ0v) is 17.0. The van der Waals surface area contributed by atoms with Gasteiger partial charge in [0.25, 0.3) is 10.0 Å². The molecular formula is C23H24FN2O2S+. The van der Waals surface area contributed by atoms with E-state index in [1.54, 1.807) is 6.07 Å². The van der Waals surface area contributed by atoms with Gasteiger partial charge in [-0.2, -0.15) is 0 Å². The van der Waals surface area contributed by atoms with Crippen LogP contribution in [0.3, 0.4) is 0 Å². The van der Waals surface area contributed by atoms with Gasteiger partial charge in [0.15, 0.2) is 0 Å². The number of sulfonamides is 1. The maximum atomic E-state index is 13.2. The van der Waals surface area contributed by atoms with Crippen LogP contribution in [0.15, 0.2) is 77.7 Å². The molecular weight excluding hydrogens is 387 g/mol. The minimum absolute atomic E-state index is 0.0412. The minimum atomic E-state index is -3.79. The molecule has 1 aliphatic rings. The summed E-state index contributed by atoms with van der Waals surface area (Å²) in [5, 5.41) is 0. The highest BCUT2D eigenvalue weighted by Gasteiger charge is 2.29. The van der Waals surface area contributed by atoms with Gasteiger partial charge in [0.1, 0.15) is 11.9 Å². The number of hydrogen-bond acceptors (Lipinski definition) is 2. The topological polar surface area (TPSA) is 50.6 Å². The molecule has 0 saturated heterocycles. The van der Waals surface area contributed by atoms with Crippen molar-refractivity contribution >= 4 is 15.7 Å². The van der Waals surface area contributed by atoms with Crippen LogP contribution >= 0.6 is 0 Å². The largest absolute Gasteiger partial charge is 0.331 e. The quantitative estimate of drug-likeness (QED) is 0.678. The first kappa shape index (κ1) is 19.6. The lowest BCUT2D eigenvalue weighted by molar-refractivity contribution is -0.914. The number of benzene rings is 3. The molecule has 4 nitrogen and oxygen atoms in total. The first-order valence-corrected chi connectivity index (χ1v) is 11.2. The van der Waals surface area contributed by atoms with Gasteiger partial charge < -0.3 is 4.90 Å². The first-order valence-electron chi connectivity index (χ1n) is 9.70. The van der Waals surface area contributed by atoms with Crippen LogP contribution in [0.25, 0.3) is 0 Å². The SMILES string of the molecule is C[NH+]1CCc2ccccc2[C@H]1Cc1ccccc1NS(=O)(=O)c1ccc(F)cc1. The Hall–Kier alpha value is -2.70. The predicted molar refractivity (Wildman–Crippen MR) is 112 cm³/mol. The summed E-state index contributed by atoms with van der Waals surface area (Å²) in [4.78, 5) is 1.46. The van der Waals surface area contributed by atoms with Crippen molar-refractivity contribution in [1.29, 1.82) is 0 Å². The average Bonchev–Trinajstić information content (AvgIpc) is 2.71. The second-order valence-electron chi connectivity index (χ2n) is 7.52. The third-order valence-corrected chi connectivity index (χ3v) is 7.01. The van der Waals surface area contributed by atoms with Gasteiger partial charge in [0.05, 0.1) is 24.2 Å². The van der Waals surface area contributed by atoms with Crippen LogP contribution in [-0.4, -0.2) is 22.0 Å². The molecule has 2 N–H and O–H groups in total. The molecule has 1 unspecified atom stereocenters. The van der Waals surface area contributed by atoms with E-state index in [0.717, 1.165) is 37.1 Å². The van der Waals surface area contributed by atoms with Crippen molar-refractivity contribution in [2.75, 3.05) is 18.3 Å². The Bertz CT molecular complexity index is 1110. The summed E-state index contributed by atoms with van der Waals surface area (Å²) >= 11 is 0. The second kappa shape index (κ2) is 7.97. The maximum absolute atomic E-state index is 13.2. The van der Waals surface area contributed by atoms with Gasteiger partial charge in [-0.1, -0.05) is 42.5 Å². The maximum Gasteiger partial charge on any atom is 0.261 e. The predicted octanol–water partition coefficient (Wildman–Crippen LogP) is 2.98. The van der Waals surface area contributed by atoms with Crippen molar-refractivity contribution in [3.63, 3.8) is 0 Å². The number of nitrogens with one attached hydrogen (secondary N) is 2. The number of halogens is 1. The fraction of sp³-hybridized carbons (Fsp3) is 0.217. The molecule has 2 atom stereocenters. The number of anilines is 1. The molecule has 0 radical (unpaired) electrons. The van der Waals surface area contributed by atoms with Gasteiger partial charge in [-0.3, -0.25) is 4.72 Å². The lowest BCUT2D eigenvalue weighted by Gasteiger charge is -2.32. The van der Waals surface area contributed by atoms with E-state index in [-0.39, 0.29) is 10.9 Å². The monoisotopic (exact) mass is 411 g/mol. The molecule has 3 aromatic carbocycles.